The number of nitrogens with zero attached hydrogens (tertiary/aromatic N) is 1. The van der Waals surface area contributed by atoms with Gasteiger partial charge in [-0.25, -0.2) is 0 Å². The number of likely N-dealkylation sites (tertiary alicyclic amines) is 1. The predicted molar refractivity (Wildman–Crippen MR) is 110 cm³/mol. The molecule has 1 aromatic carbocycles. The number of furan rings is 1. The van der Waals surface area contributed by atoms with Crippen molar-refractivity contribution in [2.24, 2.45) is 0 Å². The number of aryl methyl sites for hydroxylation is 1. The molecule has 1 aromatic heterocycles. The predicted octanol–water partition coefficient (Wildman–Crippen LogP) is 4.28. The van der Waals surface area contributed by atoms with Gasteiger partial charge in [0.05, 0.1) is 12.2 Å². The normalized spacial score (nSPS) is 23.6. The maximum absolute atomic E-state index is 13.1. The van der Waals surface area contributed by atoms with E-state index in [0.29, 0.717) is 23.7 Å². The van der Waals surface area contributed by atoms with Crippen LogP contribution in [0.3, 0.4) is 0 Å². The average molecular weight is 407 g/mol. The third-order valence-electron chi connectivity index (χ3n) is 6.44. The Balaban J connectivity index is 1.63. The van der Waals surface area contributed by atoms with Crippen LogP contribution in [0.2, 0.25) is 0 Å². The van der Waals surface area contributed by atoms with Gasteiger partial charge < -0.3 is 19.2 Å². The number of Topliss-reactive ketones (excluding diaryl/α,β-unsaturated/α-hetero) is 1. The van der Waals surface area contributed by atoms with Gasteiger partial charge in [0.2, 0.25) is 0 Å². The number of hydrogen-bond donors (Lipinski definition) is 1. The number of aliphatic hydroxyl groups excluding tert-OH is 1. The number of ether oxygens (including phenoxy) is 1. The second-order valence-corrected chi connectivity index (χ2v) is 8.37. The van der Waals surface area contributed by atoms with E-state index in [4.69, 9.17) is 9.15 Å². The molecule has 6 nitrogen and oxygen atoms in total. The van der Waals surface area contributed by atoms with Gasteiger partial charge in [-0.2, -0.15) is 0 Å². The first kappa shape index (κ1) is 19.0. The minimum atomic E-state index is -0.702. The van der Waals surface area contributed by atoms with Crippen LogP contribution in [-0.2, 0) is 16.0 Å². The zero-order valence-electron chi connectivity index (χ0n) is 17.0. The molecule has 1 atom stereocenters. The fourth-order valence-corrected chi connectivity index (χ4v) is 4.95. The van der Waals surface area contributed by atoms with Crippen molar-refractivity contribution in [2.45, 2.75) is 57.5 Å². The molecule has 1 unspecified atom stereocenters. The first-order valence-corrected chi connectivity index (χ1v) is 10.7. The lowest BCUT2D eigenvalue weighted by Gasteiger charge is -2.34. The summed E-state index contributed by atoms with van der Waals surface area (Å²) in [6.45, 7) is 2.44. The van der Waals surface area contributed by atoms with Crippen LogP contribution in [0.25, 0.3) is 5.76 Å². The molecule has 156 valence electrons. The van der Waals surface area contributed by atoms with Crippen molar-refractivity contribution in [3.05, 3.63) is 58.6 Å². The highest BCUT2D eigenvalue weighted by molar-refractivity contribution is 6.46. The van der Waals surface area contributed by atoms with E-state index in [2.05, 4.69) is 0 Å². The Hall–Kier alpha value is -3.02. The van der Waals surface area contributed by atoms with E-state index >= 15 is 0 Å². The number of carbonyl (C=O) groups excluding carboxylic acids is 2. The summed E-state index contributed by atoms with van der Waals surface area (Å²) in [7, 11) is 0. The number of carbonyl (C=O) groups is 2. The van der Waals surface area contributed by atoms with E-state index in [1.54, 1.807) is 23.1 Å². The summed E-state index contributed by atoms with van der Waals surface area (Å²) in [4.78, 5) is 27.9. The third-order valence-corrected chi connectivity index (χ3v) is 6.44. The molecule has 1 amide bonds. The number of ketones is 1. The van der Waals surface area contributed by atoms with Gasteiger partial charge in [0.15, 0.2) is 0 Å². The average Bonchev–Trinajstić information content (AvgIpc) is 3.46. The highest BCUT2D eigenvalue weighted by Gasteiger charge is 2.50. The molecule has 0 radical (unpaired) electrons. The molecule has 30 heavy (non-hydrogen) atoms. The Labute approximate surface area is 175 Å². The molecule has 6 heteroatoms. The monoisotopic (exact) mass is 407 g/mol. The van der Waals surface area contributed by atoms with E-state index in [-0.39, 0.29) is 17.4 Å². The molecule has 2 fully saturated rings. The highest BCUT2D eigenvalue weighted by Crippen LogP contribution is 2.43. The van der Waals surface area contributed by atoms with Gasteiger partial charge in [0, 0.05) is 18.0 Å². The molecule has 0 spiro atoms. The van der Waals surface area contributed by atoms with Gasteiger partial charge >= 0.3 is 0 Å². The minimum Gasteiger partial charge on any atom is -0.507 e. The second kappa shape index (κ2) is 7.35. The molecule has 0 bridgehead atoms. The maximum atomic E-state index is 13.1. The van der Waals surface area contributed by atoms with Crippen LogP contribution < -0.4 is 4.74 Å². The lowest BCUT2D eigenvalue weighted by Crippen LogP contribution is -2.40. The number of fused-ring (bicyclic) bond motifs is 1. The molecular weight excluding hydrogens is 382 g/mol. The fourth-order valence-electron chi connectivity index (χ4n) is 4.95. The van der Waals surface area contributed by atoms with Crippen molar-refractivity contribution in [1.29, 1.82) is 0 Å². The van der Waals surface area contributed by atoms with Gasteiger partial charge in [-0.15, -0.1) is 0 Å². The zero-order valence-corrected chi connectivity index (χ0v) is 17.0. The Kier molecular flexibility index (Phi) is 4.65. The number of aliphatic hydroxyl groups is 1. The van der Waals surface area contributed by atoms with Crippen molar-refractivity contribution in [2.75, 3.05) is 6.61 Å². The van der Waals surface area contributed by atoms with Crippen LogP contribution in [0.5, 0.6) is 5.75 Å². The molecule has 1 aliphatic carbocycles. The summed E-state index contributed by atoms with van der Waals surface area (Å²) in [5.41, 5.74) is 1.62. The molecule has 5 rings (SSSR count). The Morgan fingerprint density at radius 3 is 2.63 bits per heavy atom. The lowest BCUT2D eigenvalue weighted by molar-refractivity contribution is -0.142. The van der Waals surface area contributed by atoms with E-state index in [1.807, 2.05) is 19.1 Å². The van der Waals surface area contributed by atoms with Crippen molar-refractivity contribution in [3.63, 3.8) is 0 Å². The third kappa shape index (κ3) is 3.02. The zero-order chi connectivity index (χ0) is 20.8. The van der Waals surface area contributed by atoms with E-state index in [9.17, 15) is 14.7 Å². The minimum absolute atomic E-state index is 0.0238. The fraction of sp³-hybridized carbons (Fsp3) is 0.417. The molecule has 3 heterocycles. The summed E-state index contributed by atoms with van der Waals surface area (Å²) in [5.74, 6) is 0.672. The van der Waals surface area contributed by atoms with Crippen molar-refractivity contribution in [3.8, 4) is 5.75 Å². The molecule has 1 saturated heterocycles. The SMILES string of the molecule is Cc1ccc(C2/C(=C(/O)c3ccc4c(c3)CCO4)C(=O)C(=O)N2C2CCCCC2)o1. The van der Waals surface area contributed by atoms with Gasteiger partial charge in [0.25, 0.3) is 11.7 Å². The van der Waals surface area contributed by atoms with Gasteiger partial charge in [-0.3, -0.25) is 9.59 Å². The summed E-state index contributed by atoms with van der Waals surface area (Å²) < 4.78 is 11.4. The summed E-state index contributed by atoms with van der Waals surface area (Å²) in [6, 6.07) is 8.28. The van der Waals surface area contributed by atoms with Crippen LogP contribution in [-0.4, -0.2) is 34.3 Å². The molecular formula is C24H25NO5. The Morgan fingerprint density at radius 1 is 1.10 bits per heavy atom. The van der Waals surface area contributed by atoms with Crippen LogP contribution in [0.1, 0.15) is 60.8 Å². The van der Waals surface area contributed by atoms with Gasteiger partial charge in [0.1, 0.15) is 29.1 Å². The van der Waals surface area contributed by atoms with Crippen molar-refractivity contribution < 1.29 is 23.8 Å². The lowest BCUT2D eigenvalue weighted by atomic mass is 9.92. The maximum Gasteiger partial charge on any atom is 0.296 e. The van der Waals surface area contributed by atoms with E-state index in [0.717, 1.165) is 49.8 Å². The number of amides is 1. The largest absolute Gasteiger partial charge is 0.507 e. The summed E-state index contributed by atoms with van der Waals surface area (Å²) in [6.07, 6.45) is 5.68. The van der Waals surface area contributed by atoms with E-state index < -0.39 is 17.7 Å². The van der Waals surface area contributed by atoms with Gasteiger partial charge in [-0.1, -0.05) is 19.3 Å². The van der Waals surface area contributed by atoms with Crippen LogP contribution in [0.4, 0.5) is 0 Å². The van der Waals surface area contributed by atoms with Crippen LogP contribution in [0.15, 0.2) is 40.3 Å². The summed E-state index contributed by atoms with van der Waals surface area (Å²) in [5, 5.41) is 11.2. The molecule has 2 aromatic rings. The molecule has 2 aliphatic heterocycles. The van der Waals surface area contributed by atoms with Crippen molar-refractivity contribution in [1.82, 2.24) is 4.90 Å². The van der Waals surface area contributed by atoms with E-state index in [1.165, 1.54) is 0 Å². The topological polar surface area (TPSA) is 80.0 Å². The first-order valence-electron chi connectivity index (χ1n) is 10.7. The number of hydrogen-bond acceptors (Lipinski definition) is 5. The Morgan fingerprint density at radius 2 is 1.90 bits per heavy atom. The highest BCUT2D eigenvalue weighted by atomic mass is 16.5. The van der Waals surface area contributed by atoms with Crippen LogP contribution >= 0.6 is 0 Å². The second-order valence-electron chi connectivity index (χ2n) is 8.37. The molecule has 1 N–H and O–H groups in total. The molecule has 3 aliphatic rings. The Bertz CT molecular complexity index is 1040. The standard InChI is InChI=1S/C24H25NO5/c1-14-7-9-19(30-14)21-20(22(26)16-8-10-18-15(13-16)11-12-29-18)23(27)24(28)25(21)17-5-3-2-4-6-17/h7-10,13,17,21,26H,2-6,11-12H2,1H3/b22-20-. The smallest absolute Gasteiger partial charge is 0.296 e. The quantitative estimate of drug-likeness (QED) is 0.467. The summed E-state index contributed by atoms with van der Waals surface area (Å²) >= 11 is 0. The first-order chi connectivity index (χ1) is 14.5. The number of rotatable bonds is 3. The van der Waals surface area contributed by atoms with Crippen LogP contribution in [0, 0.1) is 6.92 Å². The van der Waals surface area contributed by atoms with Gasteiger partial charge in [-0.05, 0) is 55.7 Å². The molecule has 1 saturated carbocycles. The van der Waals surface area contributed by atoms with Crippen molar-refractivity contribution >= 4 is 17.4 Å². The number of benzene rings is 1.